The molecule has 2 heterocycles. The average molecular weight is 243 g/mol. The fourth-order valence-electron chi connectivity index (χ4n) is 3.12. The Kier molecular flexibility index (Phi) is 1.70. The number of hydrogen-bond acceptors (Lipinski definition) is 4. The van der Waals surface area contributed by atoms with E-state index in [0.29, 0.717) is 12.8 Å². The summed E-state index contributed by atoms with van der Waals surface area (Å²) in [4.78, 5) is 28.6. The highest BCUT2D eigenvalue weighted by Crippen LogP contribution is 2.68. The number of nitrogens with zero attached hydrogens (tertiary/aromatic N) is 1. The van der Waals surface area contributed by atoms with Crippen LogP contribution in [0.5, 0.6) is 0 Å². The molecule has 3 aliphatic rings. The maximum absolute atomic E-state index is 12.6. The first-order valence-corrected chi connectivity index (χ1v) is 6.35. The van der Waals surface area contributed by atoms with Crippen molar-refractivity contribution in [2.45, 2.75) is 31.8 Å². The first-order valence-electron chi connectivity index (χ1n) is 6.35. The van der Waals surface area contributed by atoms with E-state index in [2.05, 4.69) is 4.98 Å². The first kappa shape index (κ1) is 10.2. The van der Waals surface area contributed by atoms with Crippen LogP contribution in [0.2, 0.25) is 0 Å². The zero-order chi connectivity index (χ0) is 12.4. The van der Waals surface area contributed by atoms with E-state index in [-0.39, 0.29) is 11.8 Å². The molecule has 1 saturated heterocycles. The van der Waals surface area contributed by atoms with Gasteiger partial charge >= 0.3 is 5.97 Å². The maximum Gasteiger partial charge on any atom is 0.320 e. The van der Waals surface area contributed by atoms with Crippen LogP contribution in [-0.2, 0) is 14.3 Å². The van der Waals surface area contributed by atoms with Crippen LogP contribution in [0.3, 0.4) is 0 Å². The van der Waals surface area contributed by atoms with Crippen LogP contribution in [0, 0.1) is 10.8 Å². The summed E-state index contributed by atoms with van der Waals surface area (Å²) in [6, 6.07) is 3.69. The molecule has 1 atom stereocenters. The molecule has 18 heavy (non-hydrogen) atoms. The summed E-state index contributed by atoms with van der Waals surface area (Å²) < 4.78 is 5.60. The van der Waals surface area contributed by atoms with Crippen molar-refractivity contribution in [1.82, 2.24) is 4.98 Å². The first-order chi connectivity index (χ1) is 8.69. The van der Waals surface area contributed by atoms with Crippen molar-refractivity contribution in [1.29, 1.82) is 0 Å². The van der Waals surface area contributed by atoms with Crippen molar-refractivity contribution < 1.29 is 14.3 Å². The van der Waals surface area contributed by atoms with E-state index in [0.717, 1.165) is 18.4 Å². The topological polar surface area (TPSA) is 56.3 Å². The van der Waals surface area contributed by atoms with Crippen molar-refractivity contribution in [3.63, 3.8) is 0 Å². The van der Waals surface area contributed by atoms with Gasteiger partial charge in [-0.1, -0.05) is 6.07 Å². The van der Waals surface area contributed by atoms with Gasteiger partial charge in [0.2, 0.25) is 0 Å². The van der Waals surface area contributed by atoms with E-state index in [9.17, 15) is 9.59 Å². The number of hydrogen-bond donors (Lipinski definition) is 0. The van der Waals surface area contributed by atoms with Gasteiger partial charge in [-0.3, -0.25) is 14.6 Å². The molecule has 4 nitrogen and oxygen atoms in total. The fraction of sp³-hybridized carbons (Fsp3) is 0.500. The van der Waals surface area contributed by atoms with Gasteiger partial charge in [-0.2, -0.15) is 0 Å². The number of carbonyl (C=O) groups excluding carboxylic acids is 2. The number of ketones is 1. The summed E-state index contributed by atoms with van der Waals surface area (Å²) >= 11 is 0. The molecule has 0 radical (unpaired) electrons. The molecule has 0 bridgehead atoms. The Bertz CT molecular complexity index is 543. The number of esters is 1. The lowest BCUT2D eigenvalue weighted by Gasteiger charge is -2.34. The van der Waals surface area contributed by atoms with Gasteiger partial charge in [0.15, 0.2) is 5.78 Å². The largest absolute Gasteiger partial charge is 0.456 e. The Morgan fingerprint density at radius 3 is 2.56 bits per heavy atom. The molecule has 1 aromatic heterocycles. The average Bonchev–Trinajstić information content (AvgIpc) is 3.28. The Labute approximate surface area is 104 Å². The second-order valence-corrected chi connectivity index (χ2v) is 5.64. The molecule has 4 heteroatoms. The van der Waals surface area contributed by atoms with Gasteiger partial charge in [-0.05, 0) is 31.7 Å². The lowest BCUT2D eigenvalue weighted by Crippen LogP contribution is -2.44. The molecule has 3 fully saturated rings. The van der Waals surface area contributed by atoms with Crippen molar-refractivity contribution in [3.05, 3.63) is 30.1 Å². The molecule has 2 saturated carbocycles. The minimum atomic E-state index is -0.769. The lowest BCUT2D eigenvalue weighted by atomic mass is 9.78. The highest BCUT2D eigenvalue weighted by molar-refractivity contribution is 6.12. The van der Waals surface area contributed by atoms with Crippen LogP contribution in [0.15, 0.2) is 24.5 Å². The van der Waals surface area contributed by atoms with E-state index in [1.165, 1.54) is 0 Å². The Morgan fingerprint density at radius 2 is 2.00 bits per heavy atom. The van der Waals surface area contributed by atoms with E-state index in [1.807, 2.05) is 12.1 Å². The van der Waals surface area contributed by atoms with Crippen molar-refractivity contribution in [3.8, 4) is 0 Å². The molecule has 0 N–H and O–H groups in total. The molecule has 1 aromatic rings. The Hall–Kier alpha value is -1.71. The number of carbonyl (C=O) groups is 2. The summed E-state index contributed by atoms with van der Waals surface area (Å²) in [6.45, 7) is 0. The van der Waals surface area contributed by atoms with Gasteiger partial charge in [-0.25, -0.2) is 0 Å². The van der Waals surface area contributed by atoms with Gasteiger partial charge in [-0.15, -0.1) is 0 Å². The van der Waals surface area contributed by atoms with Crippen molar-refractivity contribution in [2.75, 3.05) is 0 Å². The number of aromatic nitrogens is 1. The second kappa shape index (κ2) is 2.99. The molecular formula is C14H13NO3. The fourth-order valence-corrected chi connectivity index (χ4v) is 3.12. The normalized spacial score (nSPS) is 30.3. The number of rotatable bonds is 1. The van der Waals surface area contributed by atoms with Gasteiger partial charge in [0.05, 0.1) is 5.41 Å². The molecule has 1 unspecified atom stereocenters. The quantitative estimate of drug-likeness (QED) is 0.557. The van der Waals surface area contributed by atoms with Gasteiger partial charge in [0.25, 0.3) is 0 Å². The van der Waals surface area contributed by atoms with Crippen LogP contribution in [-0.4, -0.2) is 16.7 Å². The third-order valence-corrected chi connectivity index (χ3v) is 4.53. The monoisotopic (exact) mass is 243 g/mol. The third kappa shape index (κ3) is 1.08. The van der Waals surface area contributed by atoms with Crippen molar-refractivity contribution in [2.24, 2.45) is 10.8 Å². The highest BCUT2D eigenvalue weighted by atomic mass is 16.6. The maximum atomic E-state index is 12.6. The zero-order valence-electron chi connectivity index (χ0n) is 9.89. The minimum Gasteiger partial charge on any atom is -0.456 e. The molecule has 0 aromatic carbocycles. The van der Waals surface area contributed by atoms with Gasteiger partial charge in [0, 0.05) is 18.0 Å². The predicted octanol–water partition coefficient (Wildman–Crippen LogP) is 1.81. The molecule has 2 spiro atoms. The van der Waals surface area contributed by atoms with Crippen LogP contribution in [0.4, 0.5) is 0 Å². The van der Waals surface area contributed by atoms with E-state index < -0.39 is 16.9 Å². The van der Waals surface area contributed by atoms with Crippen LogP contribution in [0.1, 0.15) is 37.4 Å². The summed E-state index contributed by atoms with van der Waals surface area (Å²) in [5.41, 5.74) is -0.366. The van der Waals surface area contributed by atoms with Crippen molar-refractivity contribution >= 4 is 11.8 Å². The van der Waals surface area contributed by atoms with Crippen LogP contribution < -0.4 is 0 Å². The molecule has 1 aliphatic heterocycles. The summed E-state index contributed by atoms with van der Waals surface area (Å²) in [5.74, 6) is -0.195. The van der Waals surface area contributed by atoms with Gasteiger partial charge in [0.1, 0.15) is 11.5 Å². The smallest absolute Gasteiger partial charge is 0.320 e. The molecule has 0 amide bonds. The Morgan fingerprint density at radius 1 is 1.22 bits per heavy atom. The zero-order valence-corrected chi connectivity index (χ0v) is 9.89. The van der Waals surface area contributed by atoms with E-state index in [1.54, 1.807) is 12.4 Å². The SMILES string of the molecule is O=C1OC(c2cccnc2)C2(CC2)C(=O)C12CC2. The van der Waals surface area contributed by atoms with Crippen LogP contribution in [0.25, 0.3) is 0 Å². The number of Topliss-reactive ketones (excluding diaryl/α,β-unsaturated/α-hetero) is 1. The molecule has 92 valence electrons. The lowest BCUT2D eigenvalue weighted by molar-refractivity contribution is -0.176. The summed E-state index contributed by atoms with van der Waals surface area (Å²) in [6.07, 6.45) is 5.96. The number of cyclic esters (lactones) is 1. The predicted molar refractivity (Wildman–Crippen MR) is 61.4 cm³/mol. The minimum absolute atomic E-state index is 0.125. The standard InChI is InChI=1S/C14H13NO3/c16-11-13(3-4-13)10(9-2-1-7-15-8-9)18-12(17)14(11)5-6-14/h1-2,7-8,10H,3-6H2. The third-order valence-electron chi connectivity index (χ3n) is 4.53. The Balaban J connectivity index is 1.77. The number of ether oxygens (including phenoxy) is 1. The highest BCUT2D eigenvalue weighted by Gasteiger charge is 2.73. The molecule has 2 aliphatic carbocycles. The molecular weight excluding hydrogens is 230 g/mol. The second-order valence-electron chi connectivity index (χ2n) is 5.64. The molecule has 4 rings (SSSR count). The van der Waals surface area contributed by atoms with Crippen LogP contribution >= 0.6 is 0 Å². The van der Waals surface area contributed by atoms with E-state index >= 15 is 0 Å². The van der Waals surface area contributed by atoms with Gasteiger partial charge < -0.3 is 4.74 Å². The number of pyridine rings is 1. The van der Waals surface area contributed by atoms with E-state index in [4.69, 9.17) is 4.74 Å². The summed E-state index contributed by atoms with van der Waals surface area (Å²) in [5, 5.41) is 0. The summed E-state index contributed by atoms with van der Waals surface area (Å²) in [7, 11) is 0.